The number of aryl methyl sites for hydroxylation is 1. The summed E-state index contributed by atoms with van der Waals surface area (Å²) in [5.74, 6) is 0.999. The van der Waals surface area contributed by atoms with Crippen molar-refractivity contribution < 1.29 is 4.74 Å². The molecule has 1 aromatic heterocycles. The van der Waals surface area contributed by atoms with Crippen molar-refractivity contribution in [1.29, 1.82) is 0 Å². The van der Waals surface area contributed by atoms with Crippen LogP contribution in [0.4, 0.5) is 0 Å². The highest BCUT2D eigenvalue weighted by Gasteiger charge is 2.16. The van der Waals surface area contributed by atoms with E-state index >= 15 is 0 Å². The Hall–Kier alpha value is -1.36. The number of aromatic nitrogens is 2. The van der Waals surface area contributed by atoms with Gasteiger partial charge in [0.15, 0.2) is 0 Å². The summed E-state index contributed by atoms with van der Waals surface area (Å²) >= 11 is 0. The second-order valence-corrected chi connectivity index (χ2v) is 3.40. The largest absolute Gasteiger partial charge is 0.473 e. The lowest BCUT2D eigenvalue weighted by Gasteiger charge is -2.10. The van der Waals surface area contributed by atoms with Crippen LogP contribution in [0.25, 0.3) is 0 Å². The van der Waals surface area contributed by atoms with Crippen LogP contribution in [0.1, 0.15) is 12.2 Å². The molecule has 0 aliphatic carbocycles. The SMILES string of the molecule is Cc1nc(OC2CCNC2)cc(=O)[nH]1. The molecule has 0 amide bonds. The van der Waals surface area contributed by atoms with Crippen molar-refractivity contribution in [3.8, 4) is 5.88 Å². The molecule has 0 spiro atoms. The maximum atomic E-state index is 11.1. The van der Waals surface area contributed by atoms with Crippen LogP contribution >= 0.6 is 0 Å². The van der Waals surface area contributed by atoms with Crippen LogP contribution in [0.2, 0.25) is 0 Å². The van der Waals surface area contributed by atoms with E-state index in [9.17, 15) is 4.79 Å². The van der Waals surface area contributed by atoms with Crippen LogP contribution < -0.4 is 15.6 Å². The van der Waals surface area contributed by atoms with E-state index in [1.807, 2.05) is 0 Å². The zero-order valence-electron chi connectivity index (χ0n) is 8.04. The molecule has 2 N–H and O–H groups in total. The van der Waals surface area contributed by atoms with Crippen molar-refractivity contribution in [2.45, 2.75) is 19.4 Å². The molecular weight excluding hydrogens is 182 g/mol. The summed E-state index contributed by atoms with van der Waals surface area (Å²) in [6.07, 6.45) is 1.11. The number of H-pyrrole nitrogens is 1. The highest BCUT2D eigenvalue weighted by Crippen LogP contribution is 2.09. The van der Waals surface area contributed by atoms with Crippen molar-refractivity contribution in [1.82, 2.24) is 15.3 Å². The number of aromatic amines is 1. The van der Waals surface area contributed by atoms with Crippen molar-refractivity contribution in [2.75, 3.05) is 13.1 Å². The summed E-state index contributed by atoms with van der Waals surface area (Å²) in [4.78, 5) is 17.8. The van der Waals surface area contributed by atoms with Crippen LogP contribution in [0, 0.1) is 6.92 Å². The number of nitrogens with zero attached hydrogens (tertiary/aromatic N) is 1. The molecule has 1 aliphatic heterocycles. The Morgan fingerprint density at radius 3 is 3.14 bits per heavy atom. The van der Waals surface area contributed by atoms with Crippen molar-refractivity contribution in [3.05, 3.63) is 22.2 Å². The number of ether oxygens (including phenoxy) is 1. The molecule has 0 aromatic carbocycles. The number of nitrogens with one attached hydrogen (secondary N) is 2. The third-order valence-corrected chi connectivity index (χ3v) is 2.14. The highest BCUT2D eigenvalue weighted by molar-refractivity contribution is 5.09. The molecule has 1 atom stereocenters. The molecule has 5 nitrogen and oxygen atoms in total. The van der Waals surface area contributed by atoms with E-state index in [0.717, 1.165) is 19.5 Å². The fraction of sp³-hybridized carbons (Fsp3) is 0.556. The molecule has 2 heterocycles. The van der Waals surface area contributed by atoms with Gasteiger partial charge in [0.1, 0.15) is 11.9 Å². The Morgan fingerprint density at radius 1 is 1.64 bits per heavy atom. The molecule has 0 radical (unpaired) electrons. The molecule has 0 bridgehead atoms. The minimum Gasteiger partial charge on any atom is -0.473 e. The van der Waals surface area contributed by atoms with E-state index in [2.05, 4.69) is 15.3 Å². The van der Waals surface area contributed by atoms with Gasteiger partial charge < -0.3 is 15.0 Å². The zero-order chi connectivity index (χ0) is 9.97. The van der Waals surface area contributed by atoms with E-state index < -0.39 is 0 Å². The summed E-state index contributed by atoms with van der Waals surface area (Å²) in [5, 5.41) is 3.18. The number of hydrogen-bond donors (Lipinski definition) is 2. The molecule has 5 heteroatoms. The lowest BCUT2D eigenvalue weighted by atomic mass is 10.3. The average molecular weight is 195 g/mol. The molecule has 1 aliphatic rings. The first-order valence-electron chi connectivity index (χ1n) is 4.69. The second kappa shape index (κ2) is 3.79. The molecule has 2 rings (SSSR count). The second-order valence-electron chi connectivity index (χ2n) is 3.40. The Labute approximate surface area is 81.5 Å². The first-order chi connectivity index (χ1) is 6.74. The molecule has 1 unspecified atom stereocenters. The summed E-state index contributed by atoms with van der Waals surface area (Å²) in [6, 6.07) is 1.38. The van der Waals surface area contributed by atoms with Crippen molar-refractivity contribution in [3.63, 3.8) is 0 Å². The average Bonchev–Trinajstić information content (AvgIpc) is 2.54. The van der Waals surface area contributed by atoms with Crippen LogP contribution in [0.15, 0.2) is 10.9 Å². The quantitative estimate of drug-likeness (QED) is 0.687. The maximum absolute atomic E-state index is 11.1. The minimum atomic E-state index is -0.168. The van der Waals surface area contributed by atoms with E-state index in [1.165, 1.54) is 6.07 Å². The third kappa shape index (κ3) is 2.11. The predicted molar refractivity (Wildman–Crippen MR) is 51.5 cm³/mol. The number of rotatable bonds is 2. The van der Waals surface area contributed by atoms with Gasteiger partial charge in [-0.1, -0.05) is 0 Å². The van der Waals surface area contributed by atoms with Gasteiger partial charge in [0.05, 0.1) is 6.07 Å². The van der Waals surface area contributed by atoms with Gasteiger partial charge in [0.2, 0.25) is 5.88 Å². The van der Waals surface area contributed by atoms with E-state index in [-0.39, 0.29) is 11.7 Å². The fourth-order valence-corrected chi connectivity index (χ4v) is 1.51. The Bertz CT molecular complexity index is 369. The Morgan fingerprint density at radius 2 is 2.50 bits per heavy atom. The predicted octanol–water partition coefficient (Wildman–Crippen LogP) is -0.181. The summed E-state index contributed by atoms with van der Waals surface area (Å²) in [5.41, 5.74) is -0.168. The fourth-order valence-electron chi connectivity index (χ4n) is 1.51. The standard InChI is InChI=1S/C9H13N3O2/c1-6-11-8(13)4-9(12-6)14-7-2-3-10-5-7/h4,7,10H,2-3,5H2,1H3,(H,11,12,13). The molecule has 1 saturated heterocycles. The van der Waals surface area contributed by atoms with Gasteiger partial charge in [0.25, 0.3) is 5.56 Å². The highest BCUT2D eigenvalue weighted by atomic mass is 16.5. The first-order valence-corrected chi connectivity index (χ1v) is 4.69. The van der Waals surface area contributed by atoms with Crippen molar-refractivity contribution >= 4 is 0 Å². The van der Waals surface area contributed by atoms with Gasteiger partial charge in [-0.15, -0.1) is 0 Å². The zero-order valence-corrected chi connectivity index (χ0v) is 8.04. The lowest BCUT2D eigenvalue weighted by molar-refractivity contribution is 0.213. The van der Waals surface area contributed by atoms with Gasteiger partial charge in [-0.2, -0.15) is 0 Å². The Kier molecular flexibility index (Phi) is 2.49. The van der Waals surface area contributed by atoms with Crippen molar-refractivity contribution in [2.24, 2.45) is 0 Å². The van der Waals surface area contributed by atoms with E-state index in [1.54, 1.807) is 6.92 Å². The van der Waals surface area contributed by atoms with E-state index in [4.69, 9.17) is 4.74 Å². The van der Waals surface area contributed by atoms with Crippen LogP contribution in [0.5, 0.6) is 5.88 Å². The molecular formula is C9H13N3O2. The first kappa shape index (κ1) is 9.21. The molecule has 1 fully saturated rings. The van der Waals surface area contributed by atoms with Gasteiger partial charge in [-0.3, -0.25) is 4.79 Å². The van der Waals surface area contributed by atoms with Crippen LogP contribution in [0.3, 0.4) is 0 Å². The minimum absolute atomic E-state index is 0.142. The molecule has 76 valence electrons. The third-order valence-electron chi connectivity index (χ3n) is 2.14. The summed E-state index contributed by atoms with van der Waals surface area (Å²) in [6.45, 7) is 3.53. The molecule has 0 saturated carbocycles. The number of hydrogen-bond acceptors (Lipinski definition) is 4. The monoisotopic (exact) mass is 195 g/mol. The lowest BCUT2D eigenvalue weighted by Crippen LogP contribution is -2.21. The smallest absolute Gasteiger partial charge is 0.254 e. The van der Waals surface area contributed by atoms with Gasteiger partial charge >= 0.3 is 0 Å². The van der Waals surface area contributed by atoms with Gasteiger partial charge in [0, 0.05) is 6.54 Å². The molecule has 14 heavy (non-hydrogen) atoms. The maximum Gasteiger partial charge on any atom is 0.254 e. The van der Waals surface area contributed by atoms with Crippen LogP contribution in [-0.2, 0) is 0 Å². The molecule has 1 aromatic rings. The summed E-state index contributed by atoms with van der Waals surface area (Å²) < 4.78 is 5.54. The van der Waals surface area contributed by atoms with Gasteiger partial charge in [-0.05, 0) is 19.9 Å². The van der Waals surface area contributed by atoms with Crippen LogP contribution in [-0.4, -0.2) is 29.2 Å². The van der Waals surface area contributed by atoms with E-state index in [0.29, 0.717) is 11.7 Å². The van der Waals surface area contributed by atoms with Gasteiger partial charge in [-0.25, -0.2) is 4.98 Å². The summed E-state index contributed by atoms with van der Waals surface area (Å²) in [7, 11) is 0. The topological polar surface area (TPSA) is 67.0 Å². The Balaban J connectivity index is 2.11. The normalized spacial score (nSPS) is 21.1.